The molecule has 1 saturated carbocycles. The number of carbonyl (C=O) groups is 1. The van der Waals surface area contributed by atoms with E-state index in [4.69, 9.17) is 0 Å². The van der Waals surface area contributed by atoms with E-state index in [-0.39, 0.29) is 23.8 Å². The van der Waals surface area contributed by atoms with Gasteiger partial charge in [-0.2, -0.15) is 0 Å². The second kappa shape index (κ2) is 12.3. The van der Waals surface area contributed by atoms with E-state index < -0.39 is 6.10 Å². The molecule has 3 rings (SSSR count). The largest absolute Gasteiger partial charge is 0.508 e. The first-order valence-corrected chi connectivity index (χ1v) is 12.5. The third-order valence-corrected chi connectivity index (χ3v) is 6.76. The molecule has 6 nitrogen and oxygen atoms in total. The molecule has 0 unspecified atom stereocenters. The van der Waals surface area contributed by atoms with Gasteiger partial charge in [-0.1, -0.05) is 49.6 Å². The minimum atomic E-state index is -0.754. The Labute approximate surface area is 203 Å². The van der Waals surface area contributed by atoms with Gasteiger partial charge in [0, 0.05) is 30.6 Å². The molecule has 1 amide bonds. The van der Waals surface area contributed by atoms with E-state index >= 15 is 0 Å². The fraction of sp³-hybridized carbons (Fsp3) is 0.536. The van der Waals surface area contributed by atoms with Crippen molar-refractivity contribution >= 4 is 5.91 Å². The summed E-state index contributed by atoms with van der Waals surface area (Å²) >= 11 is 0. The summed E-state index contributed by atoms with van der Waals surface area (Å²) in [6.45, 7) is 4.80. The molecule has 6 heteroatoms. The first-order chi connectivity index (χ1) is 16.3. The molecule has 1 aliphatic rings. The lowest BCUT2D eigenvalue weighted by molar-refractivity contribution is -0.122. The highest BCUT2D eigenvalue weighted by molar-refractivity contribution is 5.76. The number of rotatable bonds is 11. The zero-order valence-electron chi connectivity index (χ0n) is 20.5. The summed E-state index contributed by atoms with van der Waals surface area (Å²) in [6, 6.07) is 13.1. The summed E-state index contributed by atoms with van der Waals surface area (Å²) in [5, 5.41) is 36.1. The molecule has 2 aromatic rings. The maximum atomic E-state index is 12.4. The van der Waals surface area contributed by atoms with E-state index in [9.17, 15) is 20.1 Å². The molecular weight excluding hydrogens is 428 g/mol. The van der Waals surface area contributed by atoms with Gasteiger partial charge < -0.3 is 26.0 Å². The van der Waals surface area contributed by atoms with Crippen LogP contribution < -0.4 is 10.6 Å². The molecule has 0 aromatic heterocycles. The highest BCUT2D eigenvalue weighted by Gasteiger charge is 2.21. The highest BCUT2D eigenvalue weighted by atomic mass is 16.3. The topological polar surface area (TPSA) is 102 Å². The van der Waals surface area contributed by atoms with Crippen LogP contribution >= 0.6 is 0 Å². The molecular formula is C28H40N2O4. The molecule has 2 aromatic carbocycles. The number of aromatic hydroxyl groups is 1. The first-order valence-electron chi connectivity index (χ1n) is 12.5. The monoisotopic (exact) mass is 468 g/mol. The minimum Gasteiger partial charge on any atom is -0.508 e. The van der Waals surface area contributed by atoms with Gasteiger partial charge in [0.25, 0.3) is 0 Å². The molecule has 0 spiro atoms. The molecule has 0 bridgehead atoms. The van der Waals surface area contributed by atoms with E-state index in [0.29, 0.717) is 36.6 Å². The van der Waals surface area contributed by atoms with Crippen LogP contribution in [0, 0.1) is 5.92 Å². The number of β-amino-alcohol motifs (C(OH)–C–C–N with tert-alkyl or cyclic N) is 1. The van der Waals surface area contributed by atoms with Gasteiger partial charge in [0.1, 0.15) is 5.75 Å². The van der Waals surface area contributed by atoms with Gasteiger partial charge in [0.15, 0.2) is 0 Å². The van der Waals surface area contributed by atoms with Gasteiger partial charge in [0.05, 0.1) is 12.7 Å². The van der Waals surface area contributed by atoms with Gasteiger partial charge in [-0.15, -0.1) is 0 Å². The molecule has 34 heavy (non-hydrogen) atoms. The number of aliphatic hydroxyl groups is 2. The number of benzene rings is 2. The highest BCUT2D eigenvalue weighted by Crippen LogP contribution is 2.26. The Balaban J connectivity index is 1.49. The standard InChI is InChI=1S/C28H40N2O4/c1-28(2,30-18-26(33)23-11-12-25(32)24(15-23)19-31)16-21-9-6-10-22(13-21)17-29-27(34)14-20-7-4-3-5-8-20/h6,9-13,15,20,26,30-33H,3-5,7-8,14,16-19H2,1-2H3,(H,29,34)/t26-/m0/s1. The minimum absolute atomic E-state index is 0.0248. The van der Waals surface area contributed by atoms with Crippen molar-refractivity contribution in [2.24, 2.45) is 5.92 Å². The molecule has 0 aliphatic heterocycles. The first kappa shape index (κ1) is 26.2. The van der Waals surface area contributed by atoms with Crippen LogP contribution in [0.15, 0.2) is 42.5 Å². The summed E-state index contributed by atoms with van der Waals surface area (Å²) < 4.78 is 0. The average molecular weight is 469 g/mol. The molecule has 0 radical (unpaired) electrons. The predicted molar refractivity (Wildman–Crippen MR) is 134 cm³/mol. The number of phenols is 1. The van der Waals surface area contributed by atoms with Crippen molar-refractivity contribution in [3.05, 3.63) is 64.7 Å². The quantitative estimate of drug-likeness (QED) is 0.342. The fourth-order valence-corrected chi connectivity index (χ4v) is 4.78. The molecule has 1 atom stereocenters. The van der Waals surface area contributed by atoms with Crippen molar-refractivity contribution in [2.75, 3.05) is 6.54 Å². The SMILES string of the molecule is CC(C)(Cc1cccc(CNC(=O)CC2CCCCC2)c1)NC[C@H](O)c1ccc(O)c(CO)c1. The lowest BCUT2D eigenvalue weighted by atomic mass is 9.87. The van der Waals surface area contributed by atoms with Crippen LogP contribution in [-0.4, -0.2) is 33.3 Å². The molecule has 0 heterocycles. The van der Waals surface area contributed by atoms with Crippen molar-refractivity contribution in [1.82, 2.24) is 10.6 Å². The average Bonchev–Trinajstić information content (AvgIpc) is 2.82. The number of hydrogen-bond acceptors (Lipinski definition) is 5. The van der Waals surface area contributed by atoms with Crippen LogP contribution in [0.5, 0.6) is 5.75 Å². The normalized spacial score (nSPS) is 15.8. The zero-order valence-corrected chi connectivity index (χ0v) is 20.5. The van der Waals surface area contributed by atoms with E-state index in [1.807, 2.05) is 12.1 Å². The van der Waals surface area contributed by atoms with Crippen molar-refractivity contribution in [2.45, 2.75) is 83.6 Å². The van der Waals surface area contributed by atoms with Gasteiger partial charge in [-0.25, -0.2) is 0 Å². The lowest BCUT2D eigenvalue weighted by Gasteiger charge is -2.28. The molecule has 0 saturated heterocycles. The summed E-state index contributed by atoms with van der Waals surface area (Å²) in [7, 11) is 0. The molecule has 186 valence electrons. The Morgan fingerprint density at radius 2 is 1.82 bits per heavy atom. The van der Waals surface area contributed by atoms with Crippen molar-refractivity contribution < 1.29 is 20.1 Å². The van der Waals surface area contributed by atoms with Gasteiger partial charge in [-0.05, 0) is 67.9 Å². The Kier molecular flexibility index (Phi) is 9.51. The van der Waals surface area contributed by atoms with Crippen molar-refractivity contribution in [3.63, 3.8) is 0 Å². The second-order valence-electron chi connectivity index (χ2n) is 10.3. The van der Waals surface area contributed by atoms with Crippen LogP contribution in [0.4, 0.5) is 0 Å². The third kappa shape index (κ3) is 8.12. The van der Waals surface area contributed by atoms with Gasteiger partial charge >= 0.3 is 0 Å². The number of hydrogen-bond donors (Lipinski definition) is 5. The van der Waals surface area contributed by atoms with E-state index in [2.05, 4.69) is 36.6 Å². The number of amides is 1. The van der Waals surface area contributed by atoms with Gasteiger partial charge in [-0.3, -0.25) is 4.79 Å². The lowest BCUT2D eigenvalue weighted by Crippen LogP contribution is -2.43. The van der Waals surface area contributed by atoms with Gasteiger partial charge in [0.2, 0.25) is 5.91 Å². The van der Waals surface area contributed by atoms with Crippen LogP contribution in [0.2, 0.25) is 0 Å². The summed E-state index contributed by atoms with van der Waals surface area (Å²) in [4.78, 5) is 12.4. The molecule has 1 aliphatic carbocycles. The maximum absolute atomic E-state index is 12.4. The molecule has 5 N–H and O–H groups in total. The number of nitrogens with one attached hydrogen (secondary N) is 2. The summed E-state index contributed by atoms with van der Waals surface area (Å²) in [6.07, 6.45) is 6.80. The number of carbonyl (C=O) groups excluding carboxylic acids is 1. The Morgan fingerprint density at radius 3 is 2.56 bits per heavy atom. The van der Waals surface area contributed by atoms with Crippen molar-refractivity contribution in [1.29, 1.82) is 0 Å². The predicted octanol–water partition coefficient (Wildman–Crippen LogP) is 4.12. The Bertz CT molecular complexity index is 938. The third-order valence-electron chi connectivity index (χ3n) is 6.76. The number of aliphatic hydroxyl groups excluding tert-OH is 2. The van der Waals surface area contributed by atoms with Crippen LogP contribution in [0.1, 0.15) is 80.7 Å². The summed E-state index contributed by atoms with van der Waals surface area (Å²) in [5.74, 6) is 0.711. The smallest absolute Gasteiger partial charge is 0.220 e. The fourth-order valence-electron chi connectivity index (χ4n) is 4.78. The maximum Gasteiger partial charge on any atom is 0.220 e. The van der Waals surface area contributed by atoms with E-state index in [1.165, 1.54) is 43.7 Å². The van der Waals surface area contributed by atoms with Crippen LogP contribution in [0.3, 0.4) is 0 Å². The van der Waals surface area contributed by atoms with Crippen molar-refractivity contribution in [3.8, 4) is 5.75 Å². The van der Waals surface area contributed by atoms with E-state index in [0.717, 1.165) is 12.0 Å². The molecule has 1 fully saturated rings. The Hall–Kier alpha value is -2.41. The van der Waals surface area contributed by atoms with Crippen LogP contribution in [0.25, 0.3) is 0 Å². The van der Waals surface area contributed by atoms with Crippen LogP contribution in [-0.2, 0) is 24.4 Å². The van der Waals surface area contributed by atoms with E-state index in [1.54, 1.807) is 12.1 Å². The summed E-state index contributed by atoms with van der Waals surface area (Å²) in [5.41, 5.74) is 3.04. The zero-order chi connectivity index (χ0) is 24.6. The Morgan fingerprint density at radius 1 is 1.09 bits per heavy atom. The second-order valence-corrected chi connectivity index (χ2v) is 10.3.